The maximum absolute atomic E-state index is 10.6. The molecule has 1 N–H and O–H groups in total. The van der Waals surface area contributed by atoms with Crippen molar-refractivity contribution in [3.05, 3.63) is 0 Å². The van der Waals surface area contributed by atoms with Gasteiger partial charge in [0.15, 0.2) is 0 Å². The monoisotopic (exact) mass is 201 g/mol. The minimum absolute atomic E-state index is 0.205. The van der Waals surface area contributed by atoms with Crippen LogP contribution < -0.4 is 0 Å². The fourth-order valence-electron chi connectivity index (χ4n) is 1.82. The molecule has 0 radical (unpaired) electrons. The van der Waals surface area contributed by atoms with Crippen LogP contribution in [0.4, 0.5) is 0 Å². The highest BCUT2D eigenvalue weighted by Gasteiger charge is 2.22. The molecule has 82 valence electrons. The van der Waals surface area contributed by atoms with Gasteiger partial charge in [0.05, 0.1) is 0 Å². The van der Waals surface area contributed by atoms with Gasteiger partial charge in [-0.2, -0.15) is 0 Å². The van der Waals surface area contributed by atoms with Crippen LogP contribution in [-0.2, 0) is 9.53 Å². The van der Waals surface area contributed by atoms with Gasteiger partial charge in [0.25, 0.3) is 0 Å². The van der Waals surface area contributed by atoms with Crippen molar-refractivity contribution in [1.29, 1.82) is 0 Å². The molecule has 1 saturated heterocycles. The molecule has 1 rings (SSSR count). The number of hydrogen-bond donors (Lipinski definition) is 1. The molecule has 0 aliphatic carbocycles. The van der Waals surface area contributed by atoms with Crippen molar-refractivity contribution in [1.82, 2.24) is 4.90 Å². The zero-order valence-electron chi connectivity index (χ0n) is 8.90. The van der Waals surface area contributed by atoms with E-state index < -0.39 is 6.23 Å². The molecule has 0 aromatic heterocycles. The summed E-state index contributed by atoms with van der Waals surface area (Å²) in [6.07, 6.45) is 2.13. The molecule has 4 nitrogen and oxygen atoms in total. The van der Waals surface area contributed by atoms with Gasteiger partial charge in [0.1, 0.15) is 12.3 Å². The normalized spacial score (nSPS) is 21.9. The minimum Gasteiger partial charge on any atom is -0.463 e. The fraction of sp³-hybridized carbons (Fsp3) is 0.900. The van der Waals surface area contributed by atoms with E-state index in [-0.39, 0.29) is 12.1 Å². The van der Waals surface area contributed by atoms with Gasteiger partial charge in [-0.3, -0.25) is 9.69 Å². The molecule has 1 fully saturated rings. The standard InChI is InChI=1S/C10H19NO3/c1-8(14-9(2)12)7-10(13)11-5-3-4-6-11/h8,10,13H,3-7H2,1-2H3/t8-,10?/m1/s1. The highest BCUT2D eigenvalue weighted by atomic mass is 16.5. The summed E-state index contributed by atoms with van der Waals surface area (Å²) < 4.78 is 4.95. The lowest BCUT2D eigenvalue weighted by Crippen LogP contribution is -2.35. The summed E-state index contributed by atoms with van der Waals surface area (Å²) >= 11 is 0. The van der Waals surface area contributed by atoms with Crippen molar-refractivity contribution < 1.29 is 14.6 Å². The number of hydrogen-bond acceptors (Lipinski definition) is 4. The van der Waals surface area contributed by atoms with E-state index in [0.717, 1.165) is 25.9 Å². The molecule has 14 heavy (non-hydrogen) atoms. The predicted octanol–water partition coefficient (Wildman–Crippen LogP) is 0.742. The largest absolute Gasteiger partial charge is 0.463 e. The van der Waals surface area contributed by atoms with E-state index >= 15 is 0 Å². The fourth-order valence-corrected chi connectivity index (χ4v) is 1.82. The van der Waals surface area contributed by atoms with Crippen molar-refractivity contribution in [2.75, 3.05) is 13.1 Å². The zero-order chi connectivity index (χ0) is 10.6. The molecule has 0 spiro atoms. The number of ether oxygens (including phenoxy) is 1. The van der Waals surface area contributed by atoms with Gasteiger partial charge in [0.2, 0.25) is 0 Å². The van der Waals surface area contributed by atoms with Crippen molar-refractivity contribution in [2.24, 2.45) is 0 Å². The second kappa shape index (κ2) is 5.32. The van der Waals surface area contributed by atoms with Gasteiger partial charge in [-0.1, -0.05) is 0 Å². The third-order valence-electron chi connectivity index (χ3n) is 2.47. The molecule has 1 heterocycles. The second-order valence-corrected chi connectivity index (χ2v) is 3.88. The van der Waals surface area contributed by atoms with Crippen molar-refractivity contribution in [3.8, 4) is 0 Å². The van der Waals surface area contributed by atoms with Crippen molar-refractivity contribution in [3.63, 3.8) is 0 Å². The summed E-state index contributed by atoms with van der Waals surface area (Å²) in [7, 11) is 0. The van der Waals surface area contributed by atoms with Crippen molar-refractivity contribution in [2.45, 2.75) is 45.4 Å². The third kappa shape index (κ3) is 3.64. The Kier molecular flexibility index (Phi) is 4.35. The van der Waals surface area contributed by atoms with E-state index in [2.05, 4.69) is 0 Å². The first-order chi connectivity index (χ1) is 6.59. The van der Waals surface area contributed by atoms with Crippen LogP contribution in [0.5, 0.6) is 0 Å². The number of carbonyl (C=O) groups is 1. The van der Waals surface area contributed by atoms with Crippen LogP contribution in [0.15, 0.2) is 0 Å². The molecular formula is C10H19NO3. The summed E-state index contributed by atoms with van der Waals surface area (Å²) in [5.74, 6) is -0.286. The molecule has 2 atom stereocenters. The van der Waals surface area contributed by atoms with Crippen LogP contribution in [0.2, 0.25) is 0 Å². The number of carbonyl (C=O) groups excluding carboxylic acids is 1. The molecule has 1 aliphatic heterocycles. The lowest BCUT2D eigenvalue weighted by atomic mass is 10.2. The first kappa shape index (κ1) is 11.5. The average molecular weight is 201 g/mol. The Hall–Kier alpha value is -0.610. The number of rotatable bonds is 4. The zero-order valence-corrected chi connectivity index (χ0v) is 8.90. The van der Waals surface area contributed by atoms with Crippen LogP contribution in [-0.4, -0.2) is 41.4 Å². The maximum Gasteiger partial charge on any atom is 0.302 e. The van der Waals surface area contributed by atoms with Gasteiger partial charge < -0.3 is 9.84 Å². The van der Waals surface area contributed by atoms with Gasteiger partial charge in [0, 0.05) is 26.4 Å². The summed E-state index contributed by atoms with van der Waals surface area (Å²) in [6.45, 7) is 5.10. The van der Waals surface area contributed by atoms with Gasteiger partial charge in [-0.25, -0.2) is 0 Å². The molecule has 4 heteroatoms. The molecule has 0 saturated carbocycles. The van der Waals surface area contributed by atoms with E-state index in [1.54, 1.807) is 6.92 Å². The Morgan fingerprint density at radius 2 is 2.07 bits per heavy atom. The lowest BCUT2D eigenvalue weighted by molar-refractivity contribution is -0.148. The van der Waals surface area contributed by atoms with Crippen LogP contribution in [0, 0.1) is 0 Å². The van der Waals surface area contributed by atoms with Crippen LogP contribution in [0.25, 0.3) is 0 Å². The Bertz CT molecular complexity index is 190. The maximum atomic E-state index is 10.6. The average Bonchev–Trinajstić information content (AvgIpc) is 2.53. The number of likely N-dealkylation sites (tertiary alicyclic amines) is 1. The lowest BCUT2D eigenvalue weighted by Gasteiger charge is -2.24. The summed E-state index contributed by atoms with van der Waals surface area (Å²) in [5, 5.41) is 9.77. The highest BCUT2D eigenvalue weighted by Crippen LogP contribution is 2.14. The molecule has 0 bridgehead atoms. The molecular weight excluding hydrogens is 182 g/mol. The van der Waals surface area contributed by atoms with Gasteiger partial charge in [-0.05, 0) is 19.8 Å². The third-order valence-corrected chi connectivity index (χ3v) is 2.47. The molecule has 0 aromatic rings. The number of esters is 1. The van der Waals surface area contributed by atoms with Gasteiger partial charge in [-0.15, -0.1) is 0 Å². The SMILES string of the molecule is CC(=O)O[C@H](C)CC(O)N1CCCC1. The second-order valence-electron chi connectivity index (χ2n) is 3.88. The first-order valence-corrected chi connectivity index (χ1v) is 5.19. The van der Waals surface area contributed by atoms with Gasteiger partial charge >= 0.3 is 5.97 Å². The highest BCUT2D eigenvalue weighted by molar-refractivity contribution is 5.66. The van der Waals surface area contributed by atoms with Crippen molar-refractivity contribution >= 4 is 5.97 Å². The van der Waals surface area contributed by atoms with E-state index in [1.807, 2.05) is 4.90 Å². The van der Waals surface area contributed by atoms with E-state index in [0.29, 0.717) is 6.42 Å². The Morgan fingerprint density at radius 1 is 1.50 bits per heavy atom. The molecule has 1 unspecified atom stereocenters. The number of nitrogens with zero attached hydrogens (tertiary/aromatic N) is 1. The van der Waals surface area contributed by atoms with E-state index in [1.165, 1.54) is 6.92 Å². The van der Waals surface area contributed by atoms with Crippen LogP contribution in [0.1, 0.15) is 33.1 Å². The van der Waals surface area contributed by atoms with Crippen LogP contribution >= 0.6 is 0 Å². The molecule has 0 amide bonds. The first-order valence-electron chi connectivity index (χ1n) is 5.19. The summed E-state index contributed by atoms with van der Waals surface area (Å²) in [4.78, 5) is 12.7. The quantitative estimate of drug-likeness (QED) is 0.682. The predicted molar refractivity (Wildman–Crippen MR) is 52.7 cm³/mol. The van der Waals surface area contributed by atoms with E-state index in [9.17, 15) is 9.90 Å². The number of aliphatic hydroxyl groups excluding tert-OH is 1. The van der Waals surface area contributed by atoms with Crippen LogP contribution in [0.3, 0.4) is 0 Å². The summed E-state index contributed by atoms with van der Waals surface area (Å²) in [6, 6.07) is 0. The Morgan fingerprint density at radius 3 is 2.57 bits per heavy atom. The van der Waals surface area contributed by atoms with E-state index in [4.69, 9.17) is 4.74 Å². The minimum atomic E-state index is -0.466. The molecule has 0 aromatic carbocycles. The molecule has 1 aliphatic rings. The Labute approximate surface area is 84.8 Å². The Balaban J connectivity index is 2.24. The number of aliphatic hydroxyl groups is 1. The smallest absolute Gasteiger partial charge is 0.302 e. The topological polar surface area (TPSA) is 49.8 Å². The summed E-state index contributed by atoms with van der Waals surface area (Å²) in [5.41, 5.74) is 0.